The minimum Gasteiger partial charge on any atom is -0.384 e. The molecule has 1 saturated heterocycles. The zero-order chi connectivity index (χ0) is 11.1. The molecule has 88 valence electrons. The van der Waals surface area contributed by atoms with Gasteiger partial charge in [0, 0.05) is 26.7 Å². The van der Waals surface area contributed by atoms with Gasteiger partial charge in [0.2, 0.25) is 5.91 Å². The molecule has 1 amide bonds. The predicted octanol–water partition coefficient (Wildman–Crippen LogP) is -0.626. The molecule has 0 saturated carbocycles. The van der Waals surface area contributed by atoms with Gasteiger partial charge in [-0.05, 0) is 5.92 Å². The number of methoxy groups -OCH3 is 1. The summed E-state index contributed by atoms with van der Waals surface area (Å²) in [5, 5.41) is 5.97. The van der Waals surface area contributed by atoms with Gasteiger partial charge in [-0.15, -0.1) is 0 Å². The average Bonchev–Trinajstić information content (AvgIpc) is 2.27. The zero-order valence-corrected chi connectivity index (χ0v) is 9.41. The van der Waals surface area contributed by atoms with Crippen molar-refractivity contribution in [2.45, 2.75) is 13.0 Å². The topological polar surface area (TPSA) is 59.6 Å². The van der Waals surface area contributed by atoms with E-state index in [1.807, 2.05) is 6.92 Å². The molecular weight excluding hydrogens is 196 g/mol. The van der Waals surface area contributed by atoms with Gasteiger partial charge in [0.15, 0.2) is 0 Å². The van der Waals surface area contributed by atoms with Crippen molar-refractivity contribution in [1.29, 1.82) is 0 Å². The molecule has 15 heavy (non-hydrogen) atoms. The van der Waals surface area contributed by atoms with Crippen LogP contribution in [0.1, 0.15) is 6.92 Å². The molecule has 1 fully saturated rings. The van der Waals surface area contributed by atoms with Crippen molar-refractivity contribution in [2.24, 2.45) is 5.92 Å². The van der Waals surface area contributed by atoms with Crippen molar-refractivity contribution in [1.82, 2.24) is 10.6 Å². The first-order chi connectivity index (χ1) is 7.24. The smallest absolute Gasteiger partial charge is 0.250 e. The zero-order valence-electron chi connectivity index (χ0n) is 9.41. The Kier molecular flexibility index (Phi) is 5.60. The van der Waals surface area contributed by atoms with E-state index in [1.54, 1.807) is 7.11 Å². The molecule has 0 aromatic rings. The Morgan fingerprint density at radius 2 is 2.53 bits per heavy atom. The molecule has 5 heteroatoms. The summed E-state index contributed by atoms with van der Waals surface area (Å²) in [4.78, 5) is 11.6. The molecule has 1 rings (SSSR count). The Hall–Kier alpha value is -0.650. The van der Waals surface area contributed by atoms with E-state index in [-0.39, 0.29) is 12.0 Å². The summed E-state index contributed by atoms with van der Waals surface area (Å²) in [6.45, 7) is 5.35. The van der Waals surface area contributed by atoms with Crippen molar-refractivity contribution in [2.75, 3.05) is 40.0 Å². The van der Waals surface area contributed by atoms with Crippen LogP contribution in [0, 0.1) is 5.92 Å². The number of hydrogen-bond donors (Lipinski definition) is 2. The van der Waals surface area contributed by atoms with E-state index in [0.717, 1.165) is 6.54 Å². The van der Waals surface area contributed by atoms with Gasteiger partial charge in [0.25, 0.3) is 0 Å². The normalized spacial score (nSPS) is 23.5. The molecule has 1 heterocycles. The Bertz CT molecular complexity index is 193. The van der Waals surface area contributed by atoms with Crippen LogP contribution in [-0.4, -0.2) is 52.0 Å². The summed E-state index contributed by atoms with van der Waals surface area (Å²) in [6, 6.07) is 0. The number of ether oxygens (including phenoxy) is 2. The molecule has 0 aliphatic carbocycles. The fourth-order valence-electron chi connectivity index (χ4n) is 1.47. The Balaban J connectivity index is 2.16. The van der Waals surface area contributed by atoms with Crippen LogP contribution in [0.2, 0.25) is 0 Å². The molecule has 1 aliphatic rings. The molecule has 0 aromatic carbocycles. The first-order valence-corrected chi connectivity index (χ1v) is 5.33. The standard InChI is InChI=1S/C10H20N2O3/c1-8(7-14-2)5-12-10(13)9-6-11-3-4-15-9/h8-9,11H,3-7H2,1-2H3,(H,12,13). The van der Waals surface area contributed by atoms with Gasteiger partial charge < -0.3 is 20.1 Å². The predicted molar refractivity (Wildman–Crippen MR) is 56.7 cm³/mol. The summed E-state index contributed by atoms with van der Waals surface area (Å²) in [5.41, 5.74) is 0. The number of hydrogen-bond acceptors (Lipinski definition) is 4. The van der Waals surface area contributed by atoms with E-state index in [9.17, 15) is 4.79 Å². The Labute approximate surface area is 90.5 Å². The summed E-state index contributed by atoms with van der Waals surface area (Å²) in [5.74, 6) is 0.292. The van der Waals surface area contributed by atoms with Gasteiger partial charge in [-0.2, -0.15) is 0 Å². The molecule has 0 bridgehead atoms. The van der Waals surface area contributed by atoms with Gasteiger partial charge in [-0.1, -0.05) is 6.92 Å². The molecule has 0 radical (unpaired) electrons. The van der Waals surface area contributed by atoms with Crippen LogP contribution >= 0.6 is 0 Å². The third-order valence-electron chi connectivity index (χ3n) is 2.30. The van der Waals surface area contributed by atoms with Crippen molar-refractivity contribution in [3.63, 3.8) is 0 Å². The van der Waals surface area contributed by atoms with Crippen LogP contribution in [-0.2, 0) is 14.3 Å². The van der Waals surface area contributed by atoms with Gasteiger partial charge in [-0.3, -0.25) is 4.79 Å². The van der Waals surface area contributed by atoms with Crippen LogP contribution in [0.25, 0.3) is 0 Å². The number of morpholine rings is 1. The maximum Gasteiger partial charge on any atom is 0.250 e. The molecule has 2 atom stereocenters. The summed E-state index contributed by atoms with van der Waals surface area (Å²) >= 11 is 0. The quantitative estimate of drug-likeness (QED) is 0.642. The van der Waals surface area contributed by atoms with Gasteiger partial charge in [-0.25, -0.2) is 0 Å². The maximum atomic E-state index is 11.6. The minimum absolute atomic E-state index is 0.0369. The first-order valence-electron chi connectivity index (χ1n) is 5.33. The van der Waals surface area contributed by atoms with Gasteiger partial charge in [0.1, 0.15) is 6.10 Å². The van der Waals surface area contributed by atoms with E-state index < -0.39 is 0 Å². The third-order valence-corrected chi connectivity index (χ3v) is 2.30. The highest BCUT2D eigenvalue weighted by atomic mass is 16.5. The van der Waals surface area contributed by atoms with E-state index in [1.165, 1.54) is 0 Å². The summed E-state index contributed by atoms with van der Waals surface area (Å²) in [6.07, 6.45) is -0.339. The van der Waals surface area contributed by atoms with Crippen LogP contribution in [0.15, 0.2) is 0 Å². The lowest BCUT2D eigenvalue weighted by Crippen LogP contribution is -2.48. The third kappa shape index (κ3) is 4.59. The van der Waals surface area contributed by atoms with E-state index in [4.69, 9.17) is 9.47 Å². The number of carbonyl (C=O) groups is 1. The fraction of sp³-hybridized carbons (Fsp3) is 0.900. The monoisotopic (exact) mass is 216 g/mol. The van der Waals surface area contributed by atoms with E-state index in [0.29, 0.717) is 32.2 Å². The van der Waals surface area contributed by atoms with Crippen LogP contribution in [0.4, 0.5) is 0 Å². The number of rotatable bonds is 5. The van der Waals surface area contributed by atoms with Crippen molar-refractivity contribution < 1.29 is 14.3 Å². The number of amides is 1. The molecule has 0 spiro atoms. The van der Waals surface area contributed by atoms with Gasteiger partial charge in [0.05, 0.1) is 13.2 Å². The molecule has 2 unspecified atom stereocenters. The highest BCUT2D eigenvalue weighted by Crippen LogP contribution is 1.97. The van der Waals surface area contributed by atoms with Crippen LogP contribution in [0.5, 0.6) is 0 Å². The second-order valence-corrected chi connectivity index (χ2v) is 3.87. The highest BCUT2D eigenvalue weighted by Gasteiger charge is 2.21. The SMILES string of the molecule is COCC(C)CNC(=O)C1CNCCO1. The molecule has 1 aliphatic heterocycles. The Morgan fingerprint density at radius 1 is 1.73 bits per heavy atom. The number of carbonyl (C=O) groups excluding carboxylic acids is 1. The van der Waals surface area contributed by atoms with E-state index >= 15 is 0 Å². The van der Waals surface area contributed by atoms with Crippen molar-refractivity contribution in [3.8, 4) is 0 Å². The lowest BCUT2D eigenvalue weighted by atomic mass is 10.2. The fourth-order valence-corrected chi connectivity index (χ4v) is 1.47. The van der Waals surface area contributed by atoms with Crippen LogP contribution < -0.4 is 10.6 Å². The van der Waals surface area contributed by atoms with Crippen molar-refractivity contribution in [3.05, 3.63) is 0 Å². The van der Waals surface area contributed by atoms with Crippen LogP contribution in [0.3, 0.4) is 0 Å². The second kappa shape index (κ2) is 6.76. The van der Waals surface area contributed by atoms with Crippen molar-refractivity contribution >= 4 is 5.91 Å². The second-order valence-electron chi connectivity index (χ2n) is 3.87. The maximum absolute atomic E-state index is 11.6. The molecule has 5 nitrogen and oxygen atoms in total. The molecule has 0 aromatic heterocycles. The Morgan fingerprint density at radius 3 is 3.13 bits per heavy atom. The van der Waals surface area contributed by atoms with E-state index in [2.05, 4.69) is 10.6 Å². The minimum atomic E-state index is -0.339. The summed E-state index contributed by atoms with van der Waals surface area (Å²) in [7, 11) is 1.66. The number of nitrogens with one attached hydrogen (secondary N) is 2. The molecule has 2 N–H and O–H groups in total. The van der Waals surface area contributed by atoms with Gasteiger partial charge >= 0.3 is 0 Å². The highest BCUT2D eigenvalue weighted by molar-refractivity contribution is 5.81. The lowest BCUT2D eigenvalue weighted by Gasteiger charge is -2.23. The largest absolute Gasteiger partial charge is 0.384 e. The molecular formula is C10H20N2O3. The lowest BCUT2D eigenvalue weighted by molar-refractivity contribution is -0.134. The summed E-state index contributed by atoms with van der Waals surface area (Å²) < 4.78 is 10.3. The first kappa shape index (κ1) is 12.4. The average molecular weight is 216 g/mol.